The van der Waals surface area contributed by atoms with Gasteiger partial charge in [0, 0.05) is 17.7 Å². The number of hydrogen-bond donors (Lipinski definition) is 2. The van der Waals surface area contributed by atoms with Crippen LogP contribution in [0.25, 0.3) is 11.0 Å². The Morgan fingerprint density at radius 1 is 1.16 bits per heavy atom. The maximum atomic E-state index is 14.1. The minimum absolute atomic E-state index is 0.0519. The van der Waals surface area contributed by atoms with E-state index in [9.17, 15) is 18.7 Å². The van der Waals surface area contributed by atoms with Gasteiger partial charge in [0.15, 0.2) is 0 Å². The average molecular weight is 344 g/mol. The predicted molar refractivity (Wildman–Crippen MR) is 84.6 cm³/mol. The van der Waals surface area contributed by atoms with Gasteiger partial charge in [-0.05, 0) is 42.8 Å². The summed E-state index contributed by atoms with van der Waals surface area (Å²) >= 11 is 0. The molecule has 1 aromatic heterocycles. The number of likely N-dealkylation sites (tertiary alicyclic amines) is 1. The van der Waals surface area contributed by atoms with Crippen molar-refractivity contribution in [1.29, 1.82) is 0 Å². The van der Waals surface area contributed by atoms with E-state index in [2.05, 4.69) is 15.4 Å². The fourth-order valence-corrected chi connectivity index (χ4v) is 3.24. The molecule has 128 valence electrons. The number of carbonyl (C=O) groups excluding carboxylic acids is 1. The Bertz CT molecular complexity index is 959. The third kappa shape index (κ3) is 2.74. The number of hydrogen-bond acceptors (Lipinski definition) is 4. The topological polar surface area (TPSA) is 82.1 Å². The highest BCUT2D eigenvalue weighted by Crippen LogP contribution is 2.35. The molecule has 1 amide bonds. The normalized spacial score (nSPS) is 20.4. The van der Waals surface area contributed by atoms with Gasteiger partial charge in [0.25, 0.3) is 5.91 Å². The summed E-state index contributed by atoms with van der Waals surface area (Å²) in [5.74, 6) is -1.57. The van der Waals surface area contributed by atoms with Gasteiger partial charge in [-0.3, -0.25) is 4.79 Å². The van der Waals surface area contributed by atoms with E-state index in [-0.39, 0.29) is 24.4 Å². The number of H-pyrrole nitrogens is 1. The third-order valence-corrected chi connectivity index (χ3v) is 4.42. The van der Waals surface area contributed by atoms with E-state index in [1.165, 1.54) is 4.90 Å². The van der Waals surface area contributed by atoms with Crippen molar-refractivity contribution in [2.45, 2.75) is 18.6 Å². The van der Waals surface area contributed by atoms with Crippen molar-refractivity contribution in [3.05, 3.63) is 59.2 Å². The zero-order chi connectivity index (χ0) is 17.6. The summed E-state index contributed by atoms with van der Waals surface area (Å²) in [6.45, 7) is 0.0519. The van der Waals surface area contributed by atoms with Gasteiger partial charge < -0.3 is 10.0 Å². The molecule has 0 bridgehead atoms. The van der Waals surface area contributed by atoms with Crippen LogP contribution in [0.5, 0.6) is 0 Å². The second-order valence-electron chi connectivity index (χ2n) is 6.06. The fourth-order valence-electron chi connectivity index (χ4n) is 3.24. The average Bonchev–Trinajstić information content (AvgIpc) is 3.22. The van der Waals surface area contributed by atoms with Crippen LogP contribution in [0.1, 0.15) is 28.4 Å². The molecule has 25 heavy (non-hydrogen) atoms. The van der Waals surface area contributed by atoms with Crippen molar-refractivity contribution < 1.29 is 18.7 Å². The van der Waals surface area contributed by atoms with Crippen molar-refractivity contribution in [2.75, 3.05) is 6.54 Å². The first-order chi connectivity index (χ1) is 12.0. The van der Waals surface area contributed by atoms with Gasteiger partial charge in [-0.1, -0.05) is 0 Å². The summed E-state index contributed by atoms with van der Waals surface area (Å²) in [6.07, 6.45) is -0.648. The second-order valence-corrected chi connectivity index (χ2v) is 6.06. The van der Waals surface area contributed by atoms with E-state index in [0.717, 1.165) is 18.2 Å². The van der Waals surface area contributed by atoms with Gasteiger partial charge in [0.2, 0.25) is 0 Å². The number of benzene rings is 2. The molecule has 1 fully saturated rings. The second kappa shape index (κ2) is 5.89. The lowest BCUT2D eigenvalue weighted by atomic mass is 10.0. The number of rotatable bonds is 2. The first kappa shape index (κ1) is 15.6. The highest BCUT2D eigenvalue weighted by atomic mass is 19.1. The van der Waals surface area contributed by atoms with Crippen LogP contribution in [-0.4, -0.2) is 44.0 Å². The highest BCUT2D eigenvalue weighted by molar-refractivity contribution is 5.97. The number of carbonyl (C=O) groups is 1. The molecule has 0 aliphatic carbocycles. The number of aliphatic hydroxyl groups is 1. The van der Waals surface area contributed by atoms with Crippen LogP contribution in [0, 0.1) is 11.6 Å². The SMILES string of the molecule is O=C(c1ccc2n[nH]nc2c1)N1CC(O)CC1c1cc(F)ccc1F. The van der Waals surface area contributed by atoms with Gasteiger partial charge in [-0.2, -0.15) is 15.4 Å². The van der Waals surface area contributed by atoms with Crippen LogP contribution in [0.2, 0.25) is 0 Å². The quantitative estimate of drug-likeness (QED) is 0.747. The number of amides is 1. The number of aromatic nitrogens is 3. The number of aromatic amines is 1. The molecular formula is C17H14F2N4O2. The number of nitrogens with one attached hydrogen (secondary N) is 1. The Hall–Kier alpha value is -2.87. The van der Waals surface area contributed by atoms with E-state index in [4.69, 9.17) is 0 Å². The summed E-state index contributed by atoms with van der Waals surface area (Å²) < 4.78 is 27.7. The minimum atomic E-state index is -0.799. The molecule has 2 N–H and O–H groups in total. The maximum Gasteiger partial charge on any atom is 0.254 e. The lowest BCUT2D eigenvalue weighted by molar-refractivity contribution is 0.0714. The summed E-state index contributed by atoms with van der Waals surface area (Å²) in [6, 6.07) is 7.21. The standard InChI is InChI=1S/C17H14F2N4O2/c18-10-2-3-13(19)12(6-10)16-7-11(24)8-23(16)17(25)9-1-4-14-15(5-9)21-22-20-14/h1-6,11,16,24H,7-8H2,(H,20,21,22). The predicted octanol–water partition coefficient (Wildman–Crippen LogP) is 2.18. The summed E-state index contributed by atoms with van der Waals surface area (Å²) in [4.78, 5) is 14.2. The Morgan fingerprint density at radius 3 is 2.80 bits per heavy atom. The molecule has 2 aromatic carbocycles. The fraction of sp³-hybridized carbons (Fsp3) is 0.235. The zero-order valence-electron chi connectivity index (χ0n) is 13.0. The Morgan fingerprint density at radius 2 is 1.96 bits per heavy atom. The summed E-state index contributed by atoms with van der Waals surface area (Å²) in [5.41, 5.74) is 1.55. The molecule has 2 atom stereocenters. The molecule has 4 rings (SSSR count). The van der Waals surface area contributed by atoms with Gasteiger partial charge >= 0.3 is 0 Å². The molecule has 1 aliphatic rings. The van der Waals surface area contributed by atoms with E-state index in [1.54, 1.807) is 18.2 Å². The number of halogens is 2. The first-order valence-corrected chi connectivity index (χ1v) is 7.77. The highest BCUT2D eigenvalue weighted by Gasteiger charge is 2.37. The number of β-amino-alcohol motifs (C(OH)–C–C–N with tert-alkyl or cyclic N) is 1. The minimum Gasteiger partial charge on any atom is -0.391 e. The number of nitrogens with zero attached hydrogens (tertiary/aromatic N) is 3. The van der Waals surface area contributed by atoms with E-state index in [0.29, 0.717) is 16.6 Å². The molecule has 6 nitrogen and oxygen atoms in total. The molecule has 0 spiro atoms. The molecule has 1 aliphatic heterocycles. The summed E-state index contributed by atoms with van der Waals surface area (Å²) in [5, 5.41) is 20.3. The van der Waals surface area contributed by atoms with Crippen molar-refractivity contribution in [1.82, 2.24) is 20.3 Å². The lowest BCUT2D eigenvalue weighted by Gasteiger charge is -2.25. The Kier molecular flexibility index (Phi) is 3.69. The maximum absolute atomic E-state index is 14.1. The molecular weight excluding hydrogens is 330 g/mol. The van der Waals surface area contributed by atoms with E-state index in [1.807, 2.05) is 0 Å². The smallest absolute Gasteiger partial charge is 0.254 e. The monoisotopic (exact) mass is 344 g/mol. The third-order valence-electron chi connectivity index (χ3n) is 4.42. The van der Waals surface area contributed by atoms with Crippen molar-refractivity contribution in [3.8, 4) is 0 Å². The van der Waals surface area contributed by atoms with Crippen LogP contribution in [0.15, 0.2) is 36.4 Å². The molecule has 2 unspecified atom stereocenters. The number of fused-ring (bicyclic) bond motifs is 1. The van der Waals surface area contributed by atoms with Crippen LogP contribution in [0.3, 0.4) is 0 Å². The van der Waals surface area contributed by atoms with Gasteiger partial charge in [0.1, 0.15) is 22.7 Å². The largest absolute Gasteiger partial charge is 0.391 e. The van der Waals surface area contributed by atoms with Crippen LogP contribution in [0.4, 0.5) is 8.78 Å². The van der Waals surface area contributed by atoms with Crippen LogP contribution < -0.4 is 0 Å². The Labute approximate surface area is 141 Å². The molecule has 8 heteroatoms. The van der Waals surface area contributed by atoms with Crippen molar-refractivity contribution >= 4 is 16.9 Å². The van der Waals surface area contributed by atoms with E-state index >= 15 is 0 Å². The van der Waals surface area contributed by atoms with Crippen LogP contribution >= 0.6 is 0 Å². The Balaban J connectivity index is 1.71. The molecule has 3 aromatic rings. The van der Waals surface area contributed by atoms with Crippen LogP contribution in [-0.2, 0) is 0 Å². The zero-order valence-corrected chi connectivity index (χ0v) is 13.0. The molecule has 1 saturated heterocycles. The van der Waals surface area contributed by atoms with Crippen molar-refractivity contribution in [3.63, 3.8) is 0 Å². The summed E-state index contributed by atoms with van der Waals surface area (Å²) in [7, 11) is 0. The van der Waals surface area contributed by atoms with Gasteiger partial charge in [-0.15, -0.1) is 0 Å². The molecule has 0 saturated carbocycles. The molecule has 2 heterocycles. The molecule has 0 radical (unpaired) electrons. The lowest BCUT2D eigenvalue weighted by Crippen LogP contribution is -2.32. The number of aliphatic hydroxyl groups excluding tert-OH is 1. The first-order valence-electron chi connectivity index (χ1n) is 7.77. The van der Waals surface area contributed by atoms with Gasteiger partial charge in [-0.25, -0.2) is 8.78 Å². The van der Waals surface area contributed by atoms with E-state index < -0.39 is 23.8 Å². The van der Waals surface area contributed by atoms with Gasteiger partial charge in [0.05, 0.1) is 12.1 Å². The van der Waals surface area contributed by atoms with Crippen molar-refractivity contribution in [2.24, 2.45) is 0 Å².